The first-order chi connectivity index (χ1) is 47.7. The number of aliphatic hydroxyl groups excluding tert-OH is 1. The van der Waals surface area contributed by atoms with Gasteiger partial charge in [0.25, 0.3) is 0 Å². The largest absolute Gasteiger partial charge is 0.472 e. The van der Waals surface area contributed by atoms with Crippen LogP contribution in [-0.2, 0) is 65.4 Å². The molecule has 2 unspecified atom stereocenters. The number of aliphatic hydroxyl groups is 1. The van der Waals surface area contributed by atoms with Crippen molar-refractivity contribution >= 4 is 39.5 Å². The molecule has 3 N–H and O–H groups in total. The molecular weight excluding hydrogens is 1280 g/mol. The van der Waals surface area contributed by atoms with Crippen LogP contribution in [0.5, 0.6) is 0 Å². The smallest absolute Gasteiger partial charge is 0.462 e. The number of carbonyl (C=O) groups excluding carboxylic acids is 4. The van der Waals surface area contributed by atoms with Crippen molar-refractivity contribution in [3.8, 4) is 0 Å². The maximum Gasteiger partial charge on any atom is 0.472 e. The van der Waals surface area contributed by atoms with Gasteiger partial charge in [-0.25, -0.2) is 9.13 Å². The molecule has 0 aliphatic carbocycles. The number of carbonyl (C=O) groups is 4. The Hall–Kier alpha value is -4.02. The Bertz CT molecular complexity index is 2240. The molecular formula is C79H138O17P2. The van der Waals surface area contributed by atoms with Crippen molar-refractivity contribution in [2.45, 2.75) is 341 Å². The minimum Gasteiger partial charge on any atom is -0.462 e. The molecule has 0 saturated heterocycles. The Labute approximate surface area is 595 Å². The van der Waals surface area contributed by atoms with E-state index in [1.54, 1.807) is 0 Å². The molecule has 98 heavy (non-hydrogen) atoms. The minimum absolute atomic E-state index is 0.0175. The average Bonchev–Trinajstić information content (AvgIpc) is 1.02. The second-order valence-electron chi connectivity index (χ2n) is 25.6. The van der Waals surface area contributed by atoms with Crippen LogP contribution in [0.3, 0.4) is 0 Å². The zero-order chi connectivity index (χ0) is 71.8. The standard InChI is InChI=1S/C79H138O17P2/c1-5-9-13-17-21-25-29-33-35-36-38-42-46-50-54-58-62-66-79(84)96-75(69-89-76(81)63-59-55-51-47-43-39-31-27-23-19-15-11-7-3)72-94-98(87,88)92-68-73(80)67-91-97(85,86)93-71-74(95-78(83)65-61-57-53-49-45-40-32-28-24-20-16-12-8-4)70-90-77(82)64-60-56-52-48-44-41-37-34-30-26-22-18-14-10-6-2/h21,25-28,30-35,37-38,42,50,54,73-75,80H,5-20,22-24,29,36,39-41,43-49,51-53,55-72H2,1-4H3,(H,85,86)(H,87,88)/b25-21-,30-26-,31-27-,32-28-,35-33-,37-34-,42-38-,54-50-/t73-,74-,75-/m1/s1. The van der Waals surface area contributed by atoms with Crippen LogP contribution in [0, 0.1) is 0 Å². The van der Waals surface area contributed by atoms with Gasteiger partial charge in [0.1, 0.15) is 19.3 Å². The third kappa shape index (κ3) is 70.4. The molecule has 0 saturated carbocycles. The quantitative estimate of drug-likeness (QED) is 0.0128. The lowest BCUT2D eigenvalue weighted by Crippen LogP contribution is -2.30. The van der Waals surface area contributed by atoms with Gasteiger partial charge in [-0.2, -0.15) is 0 Å². The second kappa shape index (κ2) is 71.4. The lowest BCUT2D eigenvalue weighted by atomic mass is 10.1. The van der Waals surface area contributed by atoms with E-state index in [9.17, 15) is 43.2 Å². The molecule has 0 fully saturated rings. The van der Waals surface area contributed by atoms with E-state index in [4.69, 9.17) is 37.0 Å². The third-order valence-corrected chi connectivity index (χ3v) is 17.9. The molecule has 0 amide bonds. The van der Waals surface area contributed by atoms with E-state index in [1.165, 1.54) is 96.3 Å². The minimum atomic E-state index is -4.99. The van der Waals surface area contributed by atoms with E-state index in [0.29, 0.717) is 32.1 Å². The van der Waals surface area contributed by atoms with Crippen LogP contribution in [0.25, 0.3) is 0 Å². The molecule has 0 aromatic heterocycles. The third-order valence-electron chi connectivity index (χ3n) is 16.0. The zero-order valence-electron chi connectivity index (χ0n) is 61.7. The summed E-state index contributed by atoms with van der Waals surface area (Å²) in [6.45, 7) is 4.71. The summed E-state index contributed by atoms with van der Waals surface area (Å²) in [7, 11) is -9.97. The highest BCUT2D eigenvalue weighted by Gasteiger charge is 2.30. The molecule has 0 aromatic carbocycles. The summed E-state index contributed by atoms with van der Waals surface area (Å²) in [6, 6.07) is 0. The first-order valence-electron chi connectivity index (χ1n) is 38.5. The zero-order valence-corrected chi connectivity index (χ0v) is 63.5. The maximum absolute atomic E-state index is 13.1. The summed E-state index contributed by atoms with van der Waals surface area (Å²) in [6.07, 6.45) is 74.0. The highest BCUT2D eigenvalue weighted by molar-refractivity contribution is 7.47. The van der Waals surface area contributed by atoms with E-state index in [1.807, 2.05) is 12.2 Å². The van der Waals surface area contributed by atoms with Gasteiger partial charge in [-0.3, -0.25) is 37.3 Å². The van der Waals surface area contributed by atoms with Crippen LogP contribution in [0.4, 0.5) is 0 Å². The Kier molecular flexibility index (Phi) is 68.4. The van der Waals surface area contributed by atoms with Crippen molar-refractivity contribution in [3.63, 3.8) is 0 Å². The van der Waals surface area contributed by atoms with E-state index in [0.717, 1.165) is 141 Å². The number of esters is 4. The maximum atomic E-state index is 13.1. The Morgan fingerprint density at radius 1 is 0.296 bits per heavy atom. The van der Waals surface area contributed by atoms with Gasteiger partial charge in [-0.15, -0.1) is 0 Å². The summed E-state index contributed by atoms with van der Waals surface area (Å²) in [5.41, 5.74) is 0. The van der Waals surface area contributed by atoms with Gasteiger partial charge in [-0.05, 0) is 141 Å². The van der Waals surface area contributed by atoms with Gasteiger partial charge < -0.3 is 33.8 Å². The van der Waals surface area contributed by atoms with Gasteiger partial charge in [0.15, 0.2) is 12.2 Å². The van der Waals surface area contributed by atoms with Crippen LogP contribution < -0.4 is 0 Å². The molecule has 5 atom stereocenters. The van der Waals surface area contributed by atoms with E-state index in [2.05, 4.69) is 113 Å². The highest BCUT2D eigenvalue weighted by Crippen LogP contribution is 2.45. The lowest BCUT2D eigenvalue weighted by molar-refractivity contribution is -0.161. The fourth-order valence-electron chi connectivity index (χ4n) is 10.1. The van der Waals surface area contributed by atoms with Crippen molar-refractivity contribution in [1.29, 1.82) is 0 Å². The molecule has 0 rings (SSSR count). The molecule has 0 heterocycles. The van der Waals surface area contributed by atoms with Gasteiger partial charge in [-0.1, -0.05) is 253 Å². The summed E-state index contributed by atoms with van der Waals surface area (Å²) in [5, 5.41) is 10.6. The molecule has 19 heteroatoms. The predicted octanol–water partition coefficient (Wildman–Crippen LogP) is 22.0. The van der Waals surface area contributed by atoms with Gasteiger partial charge >= 0.3 is 39.5 Å². The van der Waals surface area contributed by atoms with Crippen LogP contribution in [-0.4, -0.2) is 96.7 Å². The summed E-state index contributed by atoms with van der Waals surface area (Å²) >= 11 is 0. The van der Waals surface area contributed by atoms with E-state index >= 15 is 0 Å². The summed E-state index contributed by atoms with van der Waals surface area (Å²) in [5.74, 6) is -2.27. The van der Waals surface area contributed by atoms with Crippen LogP contribution in [0.2, 0.25) is 0 Å². The molecule has 0 aliphatic rings. The molecule has 0 radical (unpaired) electrons. The number of unbranched alkanes of at least 4 members (excludes halogenated alkanes) is 31. The fraction of sp³-hybridized carbons (Fsp3) is 0.747. The number of phosphoric ester groups is 2. The van der Waals surface area contributed by atoms with Crippen LogP contribution in [0.1, 0.15) is 323 Å². The average molecular weight is 1420 g/mol. The second-order valence-corrected chi connectivity index (χ2v) is 28.5. The van der Waals surface area contributed by atoms with Crippen molar-refractivity contribution in [2.24, 2.45) is 0 Å². The molecule has 17 nitrogen and oxygen atoms in total. The first kappa shape index (κ1) is 94.0. The summed E-state index contributed by atoms with van der Waals surface area (Å²) in [4.78, 5) is 72.8. The van der Waals surface area contributed by atoms with Crippen LogP contribution >= 0.6 is 15.6 Å². The summed E-state index contributed by atoms with van der Waals surface area (Å²) < 4.78 is 68.4. The fourth-order valence-corrected chi connectivity index (χ4v) is 11.7. The topological polar surface area (TPSA) is 237 Å². The van der Waals surface area contributed by atoms with Crippen molar-refractivity contribution in [3.05, 3.63) is 97.2 Å². The molecule has 0 aromatic rings. The number of ether oxygens (including phenoxy) is 4. The number of hydrogen-bond acceptors (Lipinski definition) is 15. The van der Waals surface area contributed by atoms with Gasteiger partial charge in [0.2, 0.25) is 0 Å². The van der Waals surface area contributed by atoms with E-state index < -0.39 is 97.5 Å². The van der Waals surface area contributed by atoms with Crippen molar-refractivity contribution in [1.82, 2.24) is 0 Å². The Balaban J connectivity index is 5.41. The predicted molar refractivity (Wildman–Crippen MR) is 399 cm³/mol. The number of allylic oxidation sites excluding steroid dienone is 16. The first-order valence-corrected chi connectivity index (χ1v) is 41.5. The molecule has 0 bridgehead atoms. The Morgan fingerprint density at radius 3 is 0.898 bits per heavy atom. The van der Waals surface area contributed by atoms with Crippen LogP contribution in [0.15, 0.2) is 97.2 Å². The van der Waals surface area contributed by atoms with Crippen molar-refractivity contribution in [2.75, 3.05) is 39.6 Å². The monoisotopic (exact) mass is 1420 g/mol. The molecule has 0 aliphatic heterocycles. The number of rotatable bonds is 72. The highest BCUT2D eigenvalue weighted by atomic mass is 31.2. The van der Waals surface area contributed by atoms with Crippen molar-refractivity contribution < 1.29 is 80.2 Å². The Morgan fingerprint density at radius 2 is 0.541 bits per heavy atom. The number of hydrogen-bond donors (Lipinski definition) is 3. The van der Waals surface area contributed by atoms with Gasteiger partial charge in [0, 0.05) is 25.7 Å². The van der Waals surface area contributed by atoms with E-state index in [-0.39, 0.29) is 25.7 Å². The van der Waals surface area contributed by atoms with Gasteiger partial charge in [0.05, 0.1) is 26.4 Å². The SMILES string of the molecule is CCCCC/C=C\C/C=C\C/C=C\C/C=C\CCCC(=O)O[C@H](COC(=O)CCCCCCC/C=C\CCCCCC)COP(=O)(O)OC[C@H](O)COP(=O)(O)OC[C@@H](COC(=O)CCCCCCC/C=C\C=C/CCCCCC)OC(=O)CCCCCCC/C=C\CCCCCC. The lowest BCUT2D eigenvalue weighted by Gasteiger charge is -2.21. The normalized spacial score (nSPS) is 14.5. The molecule has 0 spiro atoms. The number of phosphoric acid groups is 2. The molecule has 566 valence electrons.